The lowest BCUT2D eigenvalue weighted by molar-refractivity contribution is 0.0976. The lowest BCUT2D eigenvalue weighted by Crippen LogP contribution is -2.14. The summed E-state index contributed by atoms with van der Waals surface area (Å²) in [6, 6.07) is 11.2. The molecule has 0 N–H and O–H groups in total. The summed E-state index contributed by atoms with van der Waals surface area (Å²) in [6.45, 7) is 1.64. The largest absolute Gasteiger partial charge is 0.292 e. The zero-order valence-electron chi connectivity index (χ0n) is 10.7. The van der Waals surface area contributed by atoms with Crippen LogP contribution >= 0.6 is 0 Å². The summed E-state index contributed by atoms with van der Waals surface area (Å²) in [5.74, 6) is -3.07. The molecule has 0 heterocycles. The van der Waals surface area contributed by atoms with Gasteiger partial charge in [0, 0.05) is 11.1 Å². The molecule has 0 fully saturated rings. The maximum Gasteiger partial charge on any atom is 0.184 e. The van der Waals surface area contributed by atoms with Crippen LogP contribution < -0.4 is 0 Å². The number of rotatable bonds is 3. The van der Waals surface area contributed by atoms with Crippen LogP contribution in [0.15, 0.2) is 42.5 Å². The minimum atomic E-state index is -1.28. The molecule has 0 amide bonds. The number of carbonyl (C=O) groups excluding carboxylic acids is 1. The molecule has 2 aromatic rings. The molecule has 2 rings (SSSR count). The van der Waals surface area contributed by atoms with Gasteiger partial charge < -0.3 is 0 Å². The van der Waals surface area contributed by atoms with Crippen molar-refractivity contribution < 1.29 is 13.6 Å². The number of Topliss-reactive ketones (excluding diaryl/α,β-unsaturated/α-hetero) is 1. The lowest BCUT2D eigenvalue weighted by Gasteiger charge is -2.11. The third-order valence-electron chi connectivity index (χ3n) is 3.07. The highest BCUT2D eigenvalue weighted by atomic mass is 19.1. The number of ketones is 1. The number of nitriles is 1. The quantitative estimate of drug-likeness (QED) is 0.797. The van der Waals surface area contributed by atoms with Crippen molar-refractivity contribution in [3.63, 3.8) is 0 Å². The smallest absolute Gasteiger partial charge is 0.184 e. The Labute approximate surface area is 115 Å². The summed E-state index contributed by atoms with van der Waals surface area (Å²) in [7, 11) is 0. The van der Waals surface area contributed by atoms with Crippen LogP contribution in [-0.2, 0) is 0 Å². The summed E-state index contributed by atoms with van der Waals surface area (Å²) in [6.07, 6.45) is 0. The molecule has 0 saturated carbocycles. The summed E-state index contributed by atoms with van der Waals surface area (Å²) < 4.78 is 27.0. The predicted octanol–water partition coefficient (Wildman–Crippen LogP) is 3.76. The molecule has 1 unspecified atom stereocenters. The molecule has 2 nitrogen and oxygen atoms in total. The van der Waals surface area contributed by atoms with E-state index in [0.29, 0.717) is 5.56 Å². The molecule has 0 aromatic heterocycles. The number of hydrogen-bond acceptors (Lipinski definition) is 2. The van der Waals surface area contributed by atoms with Crippen molar-refractivity contribution in [2.24, 2.45) is 0 Å². The van der Waals surface area contributed by atoms with Crippen LogP contribution in [0.25, 0.3) is 0 Å². The second-order valence-corrected chi connectivity index (χ2v) is 4.41. The average Bonchev–Trinajstić information content (AvgIpc) is 2.44. The summed E-state index contributed by atoms with van der Waals surface area (Å²) in [4.78, 5) is 12.3. The fourth-order valence-corrected chi connectivity index (χ4v) is 1.99. The van der Waals surface area contributed by atoms with Crippen LogP contribution in [0, 0.1) is 29.9 Å². The fraction of sp³-hybridized carbons (Fsp3) is 0.125. The zero-order valence-corrected chi connectivity index (χ0v) is 10.7. The highest BCUT2D eigenvalue weighted by Gasteiger charge is 2.25. The first-order valence-corrected chi connectivity index (χ1v) is 5.99. The van der Waals surface area contributed by atoms with Crippen molar-refractivity contribution in [2.75, 3.05) is 0 Å². The fourth-order valence-electron chi connectivity index (χ4n) is 1.99. The second kappa shape index (κ2) is 5.62. The van der Waals surface area contributed by atoms with Gasteiger partial charge >= 0.3 is 0 Å². The normalized spacial score (nSPS) is 11.7. The van der Waals surface area contributed by atoms with E-state index in [1.54, 1.807) is 19.1 Å². The predicted molar refractivity (Wildman–Crippen MR) is 70.2 cm³/mol. The molecule has 1 atom stereocenters. The van der Waals surface area contributed by atoms with Crippen molar-refractivity contribution in [1.29, 1.82) is 5.26 Å². The van der Waals surface area contributed by atoms with Crippen molar-refractivity contribution in [1.82, 2.24) is 0 Å². The van der Waals surface area contributed by atoms with Gasteiger partial charge in [0.1, 0.15) is 17.6 Å². The molecular formula is C16H11F2NO. The Morgan fingerprint density at radius 3 is 2.55 bits per heavy atom. The summed E-state index contributed by atoms with van der Waals surface area (Å²) in [5, 5.41) is 9.16. The summed E-state index contributed by atoms with van der Waals surface area (Å²) >= 11 is 0. The molecule has 4 heteroatoms. The molecular weight excluding hydrogens is 260 g/mol. The van der Waals surface area contributed by atoms with E-state index in [2.05, 4.69) is 0 Å². The second-order valence-electron chi connectivity index (χ2n) is 4.41. The van der Waals surface area contributed by atoms with Gasteiger partial charge in [-0.1, -0.05) is 24.3 Å². The standard InChI is InChI=1S/C16H11F2NO/c1-10-6-7-11(17)8-13(10)16(20)14(9-19)12-4-2-3-5-15(12)18/h2-8,14H,1H3. The molecule has 2 aromatic carbocycles. The van der Waals surface area contributed by atoms with E-state index in [9.17, 15) is 13.6 Å². The molecule has 0 bridgehead atoms. The van der Waals surface area contributed by atoms with Crippen molar-refractivity contribution >= 4 is 5.78 Å². The van der Waals surface area contributed by atoms with Gasteiger partial charge in [-0.05, 0) is 30.7 Å². The van der Waals surface area contributed by atoms with Crippen LogP contribution in [0.4, 0.5) is 8.78 Å². The Morgan fingerprint density at radius 1 is 1.20 bits per heavy atom. The molecule has 0 saturated heterocycles. The number of benzene rings is 2. The van der Waals surface area contributed by atoms with Gasteiger partial charge in [-0.25, -0.2) is 8.78 Å². The number of carbonyl (C=O) groups is 1. The molecule has 0 aliphatic carbocycles. The number of aryl methyl sites for hydroxylation is 1. The van der Waals surface area contributed by atoms with Crippen LogP contribution in [0.5, 0.6) is 0 Å². The Bertz CT molecular complexity index is 704. The maximum atomic E-state index is 13.7. The molecule has 0 spiro atoms. The monoisotopic (exact) mass is 271 g/mol. The van der Waals surface area contributed by atoms with Crippen molar-refractivity contribution in [2.45, 2.75) is 12.8 Å². The topological polar surface area (TPSA) is 40.9 Å². The Morgan fingerprint density at radius 2 is 1.90 bits per heavy atom. The first-order chi connectivity index (χ1) is 9.54. The van der Waals surface area contributed by atoms with Gasteiger partial charge in [-0.3, -0.25) is 4.79 Å². The average molecular weight is 271 g/mol. The van der Waals surface area contributed by atoms with E-state index in [1.807, 2.05) is 0 Å². The number of halogens is 2. The van der Waals surface area contributed by atoms with Crippen molar-refractivity contribution in [3.05, 3.63) is 70.8 Å². The zero-order chi connectivity index (χ0) is 14.7. The number of nitrogens with zero attached hydrogens (tertiary/aromatic N) is 1. The Hall–Kier alpha value is -2.54. The highest BCUT2D eigenvalue weighted by Crippen LogP contribution is 2.24. The third-order valence-corrected chi connectivity index (χ3v) is 3.07. The Kier molecular flexibility index (Phi) is 3.90. The van der Waals surface area contributed by atoms with E-state index in [0.717, 1.165) is 6.07 Å². The van der Waals surface area contributed by atoms with Gasteiger partial charge in [0.05, 0.1) is 6.07 Å². The lowest BCUT2D eigenvalue weighted by atomic mass is 9.89. The van der Waals surface area contributed by atoms with Crippen LogP contribution in [0.2, 0.25) is 0 Å². The number of hydrogen-bond donors (Lipinski definition) is 0. The molecule has 0 radical (unpaired) electrons. The van der Waals surface area contributed by atoms with E-state index >= 15 is 0 Å². The van der Waals surface area contributed by atoms with Gasteiger partial charge in [0.25, 0.3) is 0 Å². The third kappa shape index (κ3) is 2.57. The van der Waals surface area contributed by atoms with E-state index in [-0.39, 0.29) is 11.1 Å². The first kappa shape index (κ1) is 13.9. The van der Waals surface area contributed by atoms with E-state index in [4.69, 9.17) is 5.26 Å². The summed E-state index contributed by atoms with van der Waals surface area (Å²) in [5.41, 5.74) is 0.649. The molecule has 0 aliphatic rings. The van der Waals surface area contributed by atoms with Crippen LogP contribution in [-0.4, -0.2) is 5.78 Å². The minimum absolute atomic E-state index is 0.00339. The van der Waals surface area contributed by atoms with Gasteiger partial charge in [0.15, 0.2) is 5.78 Å². The highest BCUT2D eigenvalue weighted by molar-refractivity contribution is 6.03. The molecule has 100 valence electrons. The van der Waals surface area contributed by atoms with Crippen LogP contribution in [0.1, 0.15) is 27.4 Å². The van der Waals surface area contributed by atoms with Crippen molar-refractivity contribution in [3.8, 4) is 6.07 Å². The van der Waals surface area contributed by atoms with Gasteiger partial charge in [-0.2, -0.15) is 5.26 Å². The van der Waals surface area contributed by atoms with Crippen LogP contribution in [0.3, 0.4) is 0 Å². The SMILES string of the molecule is Cc1ccc(F)cc1C(=O)C(C#N)c1ccccc1F. The molecule has 0 aliphatic heterocycles. The van der Waals surface area contributed by atoms with E-state index in [1.165, 1.54) is 30.3 Å². The minimum Gasteiger partial charge on any atom is -0.292 e. The first-order valence-electron chi connectivity index (χ1n) is 5.99. The van der Waals surface area contributed by atoms with E-state index < -0.39 is 23.3 Å². The van der Waals surface area contributed by atoms with Gasteiger partial charge in [0.2, 0.25) is 0 Å². The van der Waals surface area contributed by atoms with Gasteiger partial charge in [-0.15, -0.1) is 0 Å². The molecule has 20 heavy (non-hydrogen) atoms. The maximum absolute atomic E-state index is 13.7. The Balaban J connectivity index is 2.48.